The van der Waals surface area contributed by atoms with E-state index in [0.29, 0.717) is 13.1 Å². The molecule has 15 heavy (non-hydrogen) atoms. The van der Waals surface area contributed by atoms with Crippen LogP contribution < -0.4 is 0 Å². The van der Waals surface area contributed by atoms with Gasteiger partial charge in [-0.2, -0.15) is 13.2 Å². The van der Waals surface area contributed by atoms with E-state index in [0.717, 1.165) is 6.92 Å². The molecule has 0 aliphatic carbocycles. The molecule has 0 spiro atoms. The van der Waals surface area contributed by atoms with E-state index >= 15 is 0 Å². The molecule has 3 nitrogen and oxygen atoms in total. The van der Waals surface area contributed by atoms with Crippen molar-refractivity contribution in [3.8, 4) is 0 Å². The topological polar surface area (TPSA) is 29.5 Å². The van der Waals surface area contributed by atoms with Crippen molar-refractivity contribution in [3.05, 3.63) is 0 Å². The molecule has 0 aromatic heterocycles. The number of hydrogen-bond donors (Lipinski definition) is 0. The van der Waals surface area contributed by atoms with Crippen LogP contribution in [0.4, 0.5) is 13.2 Å². The van der Waals surface area contributed by atoms with Crippen LogP contribution >= 0.6 is 0 Å². The molecule has 1 aliphatic heterocycles. The highest BCUT2D eigenvalue weighted by molar-refractivity contribution is 5.69. The van der Waals surface area contributed by atoms with Gasteiger partial charge < -0.3 is 4.74 Å². The second-order valence-electron chi connectivity index (χ2n) is 3.82. The van der Waals surface area contributed by atoms with Crippen molar-refractivity contribution in [2.45, 2.75) is 25.6 Å². The molecule has 1 heterocycles. The zero-order chi connectivity index (χ0) is 11.6. The van der Waals surface area contributed by atoms with Crippen LogP contribution in [0.25, 0.3) is 0 Å². The lowest BCUT2D eigenvalue weighted by atomic mass is 9.94. The molecule has 1 unspecified atom stereocenters. The Morgan fingerprint density at radius 2 is 2.07 bits per heavy atom. The molecule has 0 saturated carbocycles. The van der Waals surface area contributed by atoms with Gasteiger partial charge in [-0.15, -0.1) is 0 Å². The second-order valence-corrected chi connectivity index (χ2v) is 3.82. The average molecular weight is 225 g/mol. The Morgan fingerprint density at radius 1 is 1.53 bits per heavy atom. The van der Waals surface area contributed by atoms with E-state index in [2.05, 4.69) is 4.74 Å². The fourth-order valence-corrected chi connectivity index (χ4v) is 1.58. The zero-order valence-corrected chi connectivity index (χ0v) is 8.67. The largest absolute Gasteiger partial charge is 0.469 e. The summed E-state index contributed by atoms with van der Waals surface area (Å²) < 4.78 is 41.2. The quantitative estimate of drug-likeness (QED) is 0.680. The number of methoxy groups -OCH3 is 1. The van der Waals surface area contributed by atoms with Crippen LogP contribution in [0.2, 0.25) is 0 Å². The van der Waals surface area contributed by atoms with Crippen molar-refractivity contribution >= 4 is 5.97 Å². The normalized spacial score (nSPS) is 20.9. The molecular weight excluding hydrogens is 211 g/mol. The number of ether oxygens (including phenoxy) is 1. The van der Waals surface area contributed by atoms with E-state index in [-0.39, 0.29) is 18.3 Å². The van der Waals surface area contributed by atoms with Crippen LogP contribution in [0.1, 0.15) is 13.3 Å². The summed E-state index contributed by atoms with van der Waals surface area (Å²) in [6, 6.07) is -1.42. The molecule has 1 saturated heterocycles. The van der Waals surface area contributed by atoms with Gasteiger partial charge in [-0.1, -0.05) is 0 Å². The highest BCUT2D eigenvalue weighted by Gasteiger charge is 2.44. The van der Waals surface area contributed by atoms with Crippen LogP contribution in [0, 0.1) is 5.92 Å². The van der Waals surface area contributed by atoms with Gasteiger partial charge in [0, 0.05) is 13.1 Å². The molecule has 6 heteroatoms. The monoisotopic (exact) mass is 225 g/mol. The van der Waals surface area contributed by atoms with E-state index in [1.807, 2.05) is 0 Å². The van der Waals surface area contributed by atoms with Gasteiger partial charge >= 0.3 is 12.1 Å². The van der Waals surface area contributed by atoms with Gasteiger partial charge in [0.1, 0.15) is 6.04 Å². The predicted octanol–water partition coefficient (Wildman–Crippen LogP) is 1.43. The molecule has 1 aliphatic rings. The molecule has 0 aromatic rings. The number of esters is 1. The van der Waals surface area contributed by atoms with E-state index in [1.165, 1.54) is 12.0 Å². The van der Waals surface area contributed by atoms with Crippen molar-refractivity contribution in [1.29, 1.82) is 0 Å². The molecule has 1 rings (SSSR count). The summed E-state index contributed by atoms with van der Waals surface area (Å²) in [5.74, 6) is -0.360. The van der Waals surface area contributed by atoms with Crippen molar-refractivity contribution in [2.24, 2.45) is 5.92 Å². The van der Waals surface area contributed by atoms with Gasteiger partial charge in [-0.05, 0) is 12.8 Å². The minimum Gasteiger partial charge on any atom is -0.469 e. The Hall–Kier alpha value is -0.780. The Morgan fingerprint density at radius 3 is 2.47 bits per heavy atom. The highest BCUT2D eigenvalue weighted by Crippen LogP contribution is 2.30. The maximum Gasteiger partial charge on any atom is 0.403 e. The number of nitrogens with zero attached hydrogens (tertiary/aromatic N) is 1. The van der Waals surface area contributed by atoms with Gasteiger partial charge in [-0.3, -0.25) is 9.69 Å². The molecule has 1 fully saturated rings. The summed E-state index contributed by atoms with van der Waals surface area (Å²) in [5, 5.41) is 0. The summed E-state index contributed by atoms with van der Waals surface area (Å²) >= 11 is 0. The van der Waals surface area contributed by atoms with Crippen molar-refractivity contribution < 1.29 is 22.7 Å². The van der Waals surface area contributed by atoms with Gasteiger partial charge in [0.25, 0.3) is 0 Å². The van der Waals surface area contributed by atoms with Crippen LogP contribution in [0.3, 0.4) is 0 Å². The Balaban J connectivity index is 2.28. The van der Waals surface area contributed by atoms with Crippen LogP contribution in [0.15, 0.2) is 0 Å². The molecule has 88 valence electrons. The maximum atomic E-state index is 12.2. The molecule has 0 aromatic carbocycles. The lowest BCUT2D eigenvalue weighted by Crippen LogP contribution is -2.56. The number of hydrogen-bond acceptors (Lipinski definition) is 3. The number of rotatable bonds is 3. The van der Waals surface area contributed by atoms with E-state index in [9.17, 15) is 18.0 Å². The molecular formula is C9H14F3NO2. The summed E-state index contributed by atoms with van der Waals surface area (Å²) in [6.07, 6.45) is -3.98. The standard InChI is InChI=1S/C9H14F3NO2/c1-6(9(10,11)12)13-4-7(5-13)3-8(14)15-2/h6-7H,3-5H2,1-2H3. The molecule has 0 N–H and O–H groups in total. The zero-order valence-electron chi connectivity index (χ0n) is 8.67. The highest BCUT2D eigenvalue weighted by atomic mass is 19.4. The molecule has 0 bridgehead atoms. The molecule has 0 amide bonds. The third-order valence-electron chi connectivity index (χ3n) is 2.69. The van der Waals surface area contributed by atoms with Crippen LogP contribution in [-0.4, -0.2) is 43.3 Å². The van der Waals surface area contributed by atoms with Gasteiger partial charge in [0.05, 0.1) is 13.5 Å². The van der Waals surface area contributed by atoms with E-state index < -0.39 is 12.2 Å². The number of carbonyl (C=O) groups excluding carboxylic acids is 1. The first-order valence-electron chi connectivity index (χ1n) is 4.72. The van der Waals surface area contributed by atoms with Gasteiger partial charge in [0.15, 0.2) is 0 Å². The van der Waals surface area contributed by atoms with E-state index in [1.54, 1.807) is 0 Å². The van der Waals surface area contributed by atoms with Crippen molar-refractivity contribution in [2.75, 3.05) is 20.2 Å². The lowest BCUT2D eigenvalue weighted by Gasteiger charge is -2.43. The number of halogens is 3. The number of carbonyl (C=O) groups is 1. The van der Waals surface area contributed by atoms with Crippen molar-refractivity contribution in [3.63, 3.8) is 0 Å². The predicted molar refractivity (Wildman–Crippen MR) is 47.2 cm³/mol. The van der Waals surface area contributed by atoms with Crippen molar-refractivity contribution in [1.82, 2.24) is 4.90 Å². The summed E-state index contributed by atoms with van der Waals surface area (Å²) in [5.41, 5.74) is 0. The Kier molecular flexibility index (Phi) is 3.59. The first-order chi connectivity index (χ1) is 6.84. The maximum absolute atomic E-state index is 12.2. The lowest BCUT2D eigenvalue weighted by molar-refractivity contribution is -0.194. The molecule has 1 atom stereocenters. The Bertz CT molecular complexity index is 236. The number of likely N-dealkylation sites (tertiary alicyclic amines) is 1. The fraction of sp³-hybridized carbons (Fsp3) is 0.889. The first-order valence-corrected chi connectivity index (χ1v) is 4.72. The minimum atomic E-state index is -4.18. The summed E-state index contributed by atoms with van der Waals surface area (Å²) in [4.78, 5) is 12.1. The molecule has 0 radical (unpaired) electrons. The average Bonchev–Trinajstić information content (AvgIpc) is 2.07. The third-order valence-corrected chi connectivity index (χ3v) is 2.69. The fourth-order valence-electron chi connectivity index (χ4n) is 1.58. The Labute approximate surface area is 86.2 Å². The van der Waals surface area contributed by atoms with Crippen LogP contribution in [0.5, 0.6) is 0 Å². The first kappa shape index (κ1) is 12.3. The smallest absolute Gasteiger partial charge is 0.403 e. The van der Waals surface area contributed by atoms with Crippen LogP contribution in [-0.2, 0) is 9.53 Å². The third kappa shape index (κ3) is 3.09. The summed E-state index contributed by atoms with van der Waals surface area (Å²) in [7, 11) is 1.27. The minimum absolute atomic E-state index is 0.00208. The van der Waals surface area contributed by atoms with Gasteiger partial charge in [0.2, 0.25) is 0 Å². The second kappa shape index (κ2) is 4.38. The SMILES string of the molecule is COC(=O)CC1CN(C(C)C(F)(F)F)C1. The van der Waals surface area contributed by atoms with E-state index in [4.69, 9.17) is 0 Å². The summed E-state index contributed by atoms with van der Waals surface area (Å²) in [6.45, 7) is 1.76. The van der Waals surface area contributed by atoms with Gasteiger partial charge in [-0.25, -0.2) is 0 Å². The number of alkyl halides is 3.